The maximum Gasteiger partial charge on any atom is 0.235 e. The second-order valence-electron chi connectivity index (χ2n) is 6.10. The minimum absolute atomic E-state index is 0.169. The van der Waals surface area contributed by atoms with Crippen LogP contribution in [0.15, 0.2) is 54.6 Å². The molecule has 5 nitrogen and oxygen atoms in total. The number of benzene rings is 2. The van der Waals surface area contributed by atoms with Crippen LogP contribution < -0.4 is 5.32 Å². The van der Waals surface area contributed by atoms with Crippen molar-refractivity contribution in [2.75, 3.05) is 19.3 Å². The summed E-state index contributed by atoms with van der Waals surface area (Å²) in [5.74, 6) is -0.306. The Morgan fingerprint density at radius 3 is 2.36 bits per heavy atom. The molecule has 0 aliphatic rings. The molecule has 25 heavy (non-hydrogen) atoms. The van der Waals surface area contributed by atoms with Gasteiger partial charge in [-0.1, -0.05) is 60.2 Å². The van der Waals surface area contributed by atoms with Gasteiger partial charge in [0.25, 0.3) is 0 Å². The van der Waals surface area contributed by atoms with Crippen molar-refractivity contribution in [2.45, 2.75) is 19.9 Å². The first kappa shape index (κ1) is 19.1. The van der Waals surface area contributed by atoms with E-state index >= 15 is 0 Å². The first-order valence-electron chi connectivity index (χ1n) is 8.16. The van der Waals surface area contributed by atoms with Gasteiger partial charge >= 0.3 is 0 Å². The molecule has 6 heteroatoms. The number of nitrogens with one attached hydrogen (secondary N) is 1. The number of nitrogens with zero attached hydrogens (tertiary/aromatic N) is 1. The lowest BCUT2D eigenvalue weighted by Crippen LogP contribution is -2.41. The van der Waals surface area contributed by atoms with Crippen molar-refractivity contribution in [1.29, 1.82) is 0 Å². The Labute approximate surface area is 149 Å². The summed E-state index contributed by atoms with van der Waals surface area (Å²) in [6, 6.07) is 17.5. The lowest BCUT2D eigenvalue weighted by molar-refractivity contribution is -0.121. The normalized spacial score (nSPS) is 11.5. The van der Waals surface area contributed by atoms with Crippen molar-refractivity contribution >= 4 is 15.9 Å². The van der Waals surface area contributed by atoms with Crippen LogP contribution in [0, 0.1) is 6.92 Å². The van der Waals surface area contributed by atoms with Crippen LogP contribution in [0.5, 0.6) is 0 Å². The van der Waals surface area contributed by atoms with E-state index in [0.717, 1.165) is 22.9 Å². The van der Waals surface area contributed by atoms with Crippen LogP contribution >= 0.6 is 0 Å². The van der Waals surface area contributed by atoms with Gasteiger partial charge in [-0.15, -0.1) is 0 Å². The summed E-state index contributed by atoms with van der Waals surface area (Å²) >= 11 is 0. The molecule has 0 saturated carbocycles. The van der Waals surface area contributed by atoms with Crippen molar-refractivity contribution in [2.24, 2.45) is 0 Å². The molecule has 0 aliphatic heterocycles. The number of carbonyl (C=O) groups excluding carboxylic acids is 1. The molecule has 1 N–H and O–H groups in total. The summed E-state index contributed by atoms with van der Waals surface area (Å²) in [6.45, 7) is 2.48. The van der Waals surface area contributed by atoms with E-state index in [1.54, 1.807) is 0 Å². The quantitative estimate of drug-likeness (QED) is 0.784. The van der Waals surface area contributed by atoms with Crippen LogP contribution in [0.3, 0.4) is 0 Å². The van der Waals surface area contributed by atoms with Crippen LogP contribution in [0.1, 0.15) is 16.7 Å². The standard InChI is InChI=1S/C19H24N2O3S/c1-16-7-6-10-18(13-16)14-20-19(22)15-21(25(2,23)24)12-11-17-8-4-3-5-9-17/h3-10,13H,11-12,14-15H2,1-2H3,(H,20,22). The lowest BCUT2D eigenvalue weighted by Gasteiger charge is -2.19. The third-order valence-corrected chi connectivity index (χ3v) is 5.10. The Balaban J connectivity index is 1.91. The Bertz CT molecular complexity index is 804. The molecule has 2 aromatic carbocycles. The van der Waals surface area contributed by atoms with Gasteiger partial charge in [0.2, 0.25) is 15.9 Å². The number of aryl methyl sites for hydroxylation is 1. The van der Waals surface area contributed by atoms with Gasteiger partial charge in [-0.3, -0.25) is 4.79 Å². The van der Waals surface area contributed by atoms with Crippen molar-refractivity contribution < 1.29 is 13.2 Å². The zero-order chi connectivity index (χ0) is 18.3. The maximum absolute atomic E-state index is 12.2. The van der Waals surface area contributed by atoms with Crippen molar-refractivity contribution in [3.63, 3.8) is 0 Å². The molecule has 0 heterocycles. The summed E-state index contributed by atoms with van der Waals surface area (Å²) in [5.41, 5.74) is 3.15. The Morgan fingerprint density at radius 2 is 1.72 bits per heavy atom. The average Bonchev–Trinajstić information content (AvgIpc) is 2.57. The lowest BCUT2D eigenvalue weighted by atomic mass is 10.1. The Morgan fingerprint density at radius 1 is 1.04 bits per heavy atom. The number of amides is 1. The molecule has 134 valence electrons. The molecule has 0 unspecified atom stereocenters. The van der Waals surface area contributed by atoms with E-state index in [1.807, 2.05) is 61.5 Å². The number of hydrogen-bond acceptors (Lipinski definition) is 3. The van der Waals surface area contributed by atoms with Crippen LogP contribution in [0.2, 0.25) is 0 Å². The SMILES string of the molecule is Cc1cccc(CNC(=O)CN(CCc2ccccc2)S(C)(=O)=O)c1. The van der Waals surface area contributed by atoms with Crippen LogP contribution in [0.4, 0.5) is 0 Å². The summed E-state index contributed by atoms with van der Waals surface area (Å²) < 4.78 is 25.1. The third-order valence-electron chi connectivity index (χ3n) is 3.85. The maximum atomic E-state index is 12.2. The minimum Gasteiger partial charge on any atom is -0.351 e. The van der Waals surface area contributed by atoms with E-state index in [9.17, 15) is 13.2 Å². The van der Waals surface area contributed by atoms with Gasteiger partial charge < -0.3 is 5.32 Å². The highest BCUT2D eigenvalue weighted by molar-refractivity contribution is 7.88. The van der Waals surface area contributed by atoms with Crippen LogP contribution in [0.25, 0.3) is 0 Å². The summed E-state index contributed by atoms with van der Waals surface area (Å²) in [7, 11) is -3.45. The largest absolute Gasteiger partial charge is 0.351 e. The predicted octanol–water partition coefficient (Wildman–Crippen LogP) is 2.12. The fourth-order valence-corrected chi connectivity index (χ4v) is 3.27. The zero-order valence-electron chi connectivity index (χ0n) is 14.6. The molecule has 0 aromatic heterocycles. The topological polar surface area (TPSA) is 66.5 Å². The van der Waals surface area contributed by atoms with E-state index in [2.05, 4.69) is 5.32 Å². The average molecular weight is 360 g/mol. The number of rotatable bonds is 8. The third kappa shape index (κ3) is 6.68. The molecule has 0 atom stereocenters. The second kappa shape index (κ2) is 8.78. The van der Waals surface area contributed by atoms with Gasteiger partial charge in [-0.05, 0) is 24.5 Å². The number of sulfonamides is 1. The molecular weight excluding hydrogens is 336 g/mol. The van der Waals surface area contributed by atoms with Gasteiger partial charge in [-0.2, -0.15) is 4.31 Å². The van der Waals surface area contributed by atoms with Gasteiger partial charge in [-0.25, -0.2) is 8.42 Å². The molecule has 2 aromatic rings. The fraction of sp³-hybridized carbons (Fsp3) is 0.316. The highest BCUT2D eigenvalue weighted by Gasteiger charge is 2.19. The molecule has 1 amide bonds. The smallest absolute Gasteiger partial charge is 0.235 e. The molecule has 0 bridgehead atoms. The first-order chi connectivity index (χ1) is 11.8. The monoisotopic (exact) mass is 360 g/mol. The van der Waals surface area contributed by atoms with E-state index in [0.29, 0.717) is 13.0 Å². The Hall–Kier alpha value is -2.18. The van der Waals surface area contributed by atoms with E-state index in [4.69, 9.17) is 0 Å². The van der Waals surface area contributed by atoms with E-state index < -0.39 is 10.0 Å². The summed E-state index contributed by atoms with van der Waals surface area (Å²) in [6.07, 6.45) is 1.70. The highest BCUT2D eigenvalue weighted by Crippen LogP contribution is 2.06. The molecule has 0 radical (unpaired) electrons. The van der Waals surface area contributed by atoms with E-state index in [1.165, 1.54) is 4.31 Å². The summed E-state index contributed by atoms with van der Waals surface area (Å²) in [4.78, 5) is 12.2. The molecular formula is C19H24N2O3S. The summed E-state index contributed by atoms with van der Waals surface area (Å²) in [5, 5.41) is 2.78. The molecule has 2 rings (SSSR count). The van der Waals surface area contributed by atoms with Gasteiger partial charge in [0.05, 0.1) is 12.8 Å². The molecule has 0 saturated heterocycles. The van der Waals surface area contributed by atoms with Crippen LogP contribution in [-0.2, 0) is 27.8 Å². The zero-order valence-corrected chi connectivity index (χ0v) is 15.4. The number of hydrogen-bond donors (Lipinski definition) is 1. The molecule has 0 aliphatic carbocycles. The van der Waals surface area contributed by atoms with Crippen molar-refractivity contribution in [3.8, 4) is 0 Å². The van der Waals surface area contributed by atoms with Gasteiger partial charge in [0.1, 0.15) is 0 Å². The predicted molar refractivity (Wildman–Crippen MR) is 99.6 cm³/mol. The number of carbonyl (C=O) groups is 1. The van der Waals surface area contributed by atoms with E-state index in [-0.39, 0.29) is 19.0 Å². The second-order valence-corrected chi connectivity index (χ2v) is 8.08. The Kier molecular flexibility index (Phi) is 6.73. The molecule has 0 spiro atoms. The highest BCUT2D eigenvalue weighted by atomic mass is 32.2. The fourth-order valence-electron chi connectivity index (χ4n) is 2.50. The van der Waals surface area contributed by atoms with Gasteiger partial charge in [0.15, 0.2) is 0 Å². The molecule has 0 fully saturated rings. The van der Waals surface area contributed by atoms with Gasteiger partial charge in [0, 0.05) is 13.1 Å². The minimum atomic E-state index is -3.45. The van der Waals surface area contributed by atoms with Crippen LogP contribution in [-0.4, -0.2) is 38.0 Å². The van der Waals surface area contributed by atoms with Crippen molar-refractivity contribution in [3.05, 3.63) is 71.3 Å². The van der Waals surface area contributed by atoms with Crippen molar-refractivity contribution in [1.82, 2.24) is 9.62 Å². The first-order valence-corrected chi connectivity index (χ1v) is 10.0.